The summed E-state index contributed by atoms with van der Waals surface area (Å²) in [6, 6.07) is 0.481. The molecule has 1 fully saturated rings. The lowest BCUT2D eigenvalue weighted by Gasteiger charge is -2.29. The number of ether oxygens (including phenoxy) is 1. The minimum absolute atomic E-state index is 0.481. The van der Waals surface area contributed by atoms with Gasteiger partial charge in [0, 0.05) is 5.71 Å². The average molecular weight is 167 g/mol. The zero-order chi connectivity index (χ0) is 8.39. The van der Waals surface area contributed by atoms with E-state index in [1.165, 1.54) is 0 Å². The Morgan fingerprint density at radius 3 is 3.08 bits per heavy atom. The maximum atomic E-state index is 5.06. The quantitative estimate of drug-likeness (QED) is 0.600. The minimum atomic E-state index is 0.481. The molecule has 0 aromatic rings. The van der Waals surface area contributed by atoms with Crippen LogP contribution in [0.25, 0.3) is 0 Å². The smallest absolute Gasteiger partial charge is 0.109 e. The molecule has 0 radical (unpaired) electrons. The second kappa shape index (κ2) is 3.15. The van der Waals surface area contributed by atoms with Gasteiger partial charge in [-0.1, -0.05) is 0 Å². The maximum Gasteiger partial charge on any atom is 0.109 e. The van der Waals surface area contributed by atoms with E-state index in [9.17, 15) is 0 Å². The van der Waals surface area contributed by atoms with E-state index < -0.39 is 0 Å². The maximum absolute atomic E-state index is 5.06. The number of hydrogen-bond acceptors (Lipinski definition) is 4. The second-order valence-electron chi connectivity index (χ2n) is 3.07. The first-order chi connectivity index (χ1) is 5.84. The third kappa shape index (κ3) is 1.58. The molecule has 2 aliphatic rings. The summed E-state index contributed by atoms with van der Waals surface area (Å²) in [5, 5.41) is 6.49. The van der Waals surface area contributed by atoms with Gasteiger partial charge in [0.2, 0.25) is 0 Å². The van der Waals surface area contributed by atoms with Gasteiger partial charge in [0.25, 0.3) is 0 Å². The van der Waals surface area contributed by atoms with Gasteiger partial charge in [-0.05, 0) is 13.0 Å². The topological polar surface area (TPSA) is 45.7 Å². The van der Waals surface area contributed by atoms with Crippen molar-refractivity contribution in [2.45, 2.75) is 13.0 Å². The van der Waals surface area contributed by atoms with Crippen molar-refractivity contribution in [3.63, 3.8) is 0 Å². The standard InChI is InChI=1S/C8H13N3O/c1-6-2-8(10-5-9-6)11-7-3-12-4-7/h2,7,10-11H,3-5H2,1H3. The van der Waals surface area contributed by atoms with Crippen molar-refractivity contribution in [2.75, 3.05) is 19.9 Å². The highest BCUT2D eigenvalue weighted by atomic mass is 16.5. The van der Waals surface area contributed by atoms with E-state index in [0.717, 1.165) is 24.7 Å². The molecule has 2 N–H and O–H groups in total. The van der Waals surface area contributed by atoms with Gasteiger partial charge >= 0.3 is 0 Å². The zero-order valence-corrected chi connectivity index (χ0v) is 7.13. The molecular weight excluding hydrogens is 154 g/mol. The van der Waals surface area contributed by atoms with Gasteiger partial charge in [-0.3, -0.25) is 4.99 Å². The van der Waals surface area contributed by atoms with E-state index >= 15 is 0 Å². The molecule has 4 heteroatoms. The van der Waals surface area contributed by atoms with E-state index in [1.54, 1.807) is 0 Å². The van der Waals surface area contributed by atoms with Gasteiger partial charge < -0.3 is 15.4 Å². The van der Waals surface area contributed by atoms with E-state index in [1.807, 2.05) is 13.0 Å². The van der Waals surface area contributed by atoms with Crippen LogP contribution in [-0.2, 0) is 4.74 Å². The molecule has 0 aromatic carbocycles. The Kier molecular flexibility index (Phi) is 1.99. The predicted octanol–water partition coefficient (Wildman–Crippen LogP) is -0.162. The van der Waals surface area contributed by atoms with Crippen LogP contribution in [0.2, 0.25) is 0 Å². The van der Waals surface area contributed by atoms with Crippen molar-refractivity contribution in [1.82, 2.24) is 10.6 Å². The fourth-order valence-corrected chi connectivity index (χ4v) is 1.19. The Labute approximate surface area is 71.7 Å². The summed E-state index contributed by atoms with van der Waals surface area (Å²) in [5.74, 6) is 1.07. The molecule has 0 amide bonds. The van der Waals surface area contributed by atoms with Crippen LogP contribution >= 0.6 is 0 Å². The van der Waals surface area contributed by atoms with Crippen LogP contribution in [0.3, 0.4) is 0 Å². The first-order valence-corrected chi connectivity index (χ1v) is 4.15. The molecule has 0 spiro atoms. The summed E-state index contributed by atoms with van der Waals surface area (Å²) in [5.41, 5.74) is 1.07. The molecular formula is C8H13N3O. The summed E-state index contributed by atoms with van der Waals surface area (Å²) in [6.45, 7) is 4.31. The number of allylic oxidation sites excluding steroid dienone is 1. The van der Waals surface area contributed by atoms with Gasteiger partial charge in [0.05, 0.1) is 19.3 Å². The van der Waals surface area contributed by atoms with Crippen LogP contribution in [0.4, 0.5) is 0 Å². The molecule has 2 heterocycles. The highest BCUT2D eigenvalue weighted by Gasteiger charge is 2.18. The lowest BCUT2D eigenvalue weighted by atomic mass is 10.2. The first kappa shape index (κ1) is 7.61. The Morgan fingerprint density at radius 2 is 2.50 bits per heavy atom. The number of hydrogen-bond donors (Lipinski definition) is 2. The Morgan fingerprint density at radius 1 is 1.67 bits per heavy atom. The summed E-state index contributed by atoms with van der Waals surface area (Å²) in [4.78, 5) is 4.19. The van der Waals surface area contributed by atoms with Gasteiger partial charge in [-0.15, -0.1) is 0 Å². The lowest BCUT2D eigenvalue weighted by molar-refractivity contribution is -0.00155. The van der Waals surface area contributed by atoms with Crippen LogP contribution < -0.4 is 10.6 Å². The molecule has 0 atom stereocenters. The van der Waals surface area contributed by atoms with E-state index in [-0.39, 0.29) is 0 Å². The molecule has 0 aliphatic carbocycles. The van der Waals surface area contributed by atoms with Crippen LogP contribution in [0.1, 0.15) is 6.92 Å². The molecule has 4 nitrogen and oxygen atoms in total. The Balaban J connectivity index is 1.90. The highest BCUT2D eigenvalue weighted by Crippen LogP contribution is 2.03. The van der Waals surface area contributed by atoms with Gasteiger partial charge in [-0.2, -0.15) is 0 Å². The van der Waals surface area contributed by atoms with E-state index in [2.05, 4.69) is 15.6 Å². The summed E-state index contributed by atoms with van der Waals surface area (Å²) in [7, 11) is 0. The number of aliphatic imine (C=N–C) groups is 1. The predicted molar refractivity (Wildman–Crippen MR) is 46.9 cm³/mol. The number of nitrogens with zero attached hydrogens (tertiary/aromatic N) is 1. The third-order valence-corrected chi connectivity index (χ3v) is 1.95. The largest absolute Gasteiger partial charge is 0.377 e. The van der Waals surface area contributed by atoms with Gasteiger partial charge in [-0.25, -0.2) is 0 Å². The number of rotatable bonds is 2. The molecule has 12 heavy (non-hydrogen) atoms. The van der Waals surface area contributed by atoms with Crippen molar-refractivity contribution in [3.8, 4) is 0 Å². The van der Waals surface area contributed by atoms with Crippen LogP contribution in [0.15, 0.2) is 16.9 Å². The molecule has 0 saturated carbocycles. The lowest BCUT2D eigenvalue weighted by Crippen LogP contribution is -2.48. The fourth-order valence-electron chi connectivity index (χ4n) is 1.19. The number of nitrogens with one attached hydrogen (secondary N) is 2. The van der Waals surface area contributed by atoms with Crippen LogP contribution in [0, 0.1) is 0 Å². The highest BCUT2D eigenvalue weighted by molar-refractivity contribution is 5.93. The van der Waals surface area contributed by atoms with Gasteiger partial charge in [0.15, 0.2) is 0 Å². The molecule has 1 saturated heterocycles. The van der Waals surface area contributed by atoms with Crippen LogP contribution in [-0.4, -0.2) is 31.6 Å². The van der Waals surface area contributed by atoms with Gasteiger partial charge in [0.1, 0.15) is 12.5 Å². The molecule has 66 valence electrons. The fraction of sp³-hybridized carbons (Fsp3) is 0.625. The molecule has 0 aromatic heterocycles. The van der Waals surface area contributed by atoms with Crippen molar-refractivity contribution in [1.29, 1.82) is 0 Å². The Bertz CT molecular complexity index is 230. The van der Waals surface area contributed by atoms with Crippen molar-refractivity contribution in [2.24, 2.45) is 4.99 Å². The third-order valence-electron chi connectivity index (χ3n) is 1.95. The Hall–Kier alpha value is -1.03. The van der Waals surface area contributed by atoms with Crippen molar-refractivity contribution in [3.05, 3.63) is 11.9 Å². The SMILES string of the molecule is CC1=NCNC(NC2COC2)=C1. The second-order valence-corrected chi connectivity index (χ2v) is 3.07. The summed E-state index contributed by atoms with van der Waals surface area (Å²) >= 11 is 0. The zero-order valence-electron chi connectivity index (χ0n) is 7.13. The van der Waals surface area contributed by atoms with Crippen molar-refractivity contribution >= 4 is 5.71 Å². The van der Waals surface area contributed by atoms with E-state index in [4.69, 9.17) is 4.74 Å². The van der Waals surface area contributed by atoms with Crippen LogP contribution in [0.5, 0.6) is 0 Å². The average Bonchev–Trinajstić information content (AvgIpc) is 1.97. The van der Waals surface area contributed by atoms with E-state index in [0.29, 0.717) is 12.7 Å². The molecule has 0 bridgehead atoms. The first-order valence-electron chi connectivity index (χ1n) is 4.15. The molecule has 2 rings (SSSR count). The minimum Gasteiger partial charge on any atom is -0.377 e. The van der Waals surface area contributed by atoms with Crippen molar-refractivity contribution < 1.29 is 4.74 Å². The normalized spacial score (nSPS) is 23.4. The molecule has 2 aliphatic heterocycles. The molecule has 0 unspecified atom stereocenters. The summed E-state index contributed by atoms with van der Waals surface area (Å²) < 4.78 is 5.06. The monoisotopic (exact) mass is 167 g/mol. The summed E-state index contributed by atoms with van der Waals surface area (Å²) in [6.07, 6.45) is 2.02.